The normalized spacial score (nSPS) is 14.4. The number of hydrogen-bond donors (Lipinski definition) is 2. The van der Waals surface area contributed by atoms with Gasteiger partial charge in [-0.1, -0.05) is 19.1 Å². The fourth-order valence-electron chi connectivity index (χ4n) is 1.89. The number of hydrogen-bond acceptors (Lipinski definition) is 3. The Bertz CT molecular complexity index is 406. The van der Waals surface area contributed by atoms with Crippen molar-refractivity contribution in [1.29, 1.82) is 0 Å². The summed E-state index contributed by atoms with van der Waals surface area (Å²) in [7, 11) is 0. The number of nitrogens with zero attached hydrogens (tertiary/aromatic N) is 1. The number of carbonyl (C=O) groups is 1. The predicted molar refractivity (Wildman–Crippen MR) is 70.2 cm³/mol. The summed E-state index contributed by atoms with van der Waals surface area (Å²) in [6.45, 7) is 4.50. The van der Waals surface area contributed by atoms with Gasteiger partial charge in [0.05, 0.1) is 12.0 Å². The molecule has 19 heavy (non-hydrogen) atoms. The molecule has 0 amide bonds. The predicted octanol–water partition coefficient (Wildman–Crippen LogP) is 1.73. The number of carboxylic acid groups (broad SMARTS) is 1. The van der Waals surface area contributed by atoms with Crippen LogP contribution in [0.5, 0.6) is 0 Å². The smallest absolute Gasteiger partial charge is 0.307 e. The van der Waals surface area contributed by atoms with Crippen molar-refractivity contribution >= 4 is 5.97 Å². The molecule has 2 atom stereocenters. The molecule has 0 fully saturated rings. The van der Waals surface area contributed by atoms with E-state index in [9.17, 15) is 14.3 Å². The van der Waals surface area contributed by atoms with Gasteiger partial charge in [-0.05, 0) is 24.6 Å². The number of halogens is 1. The zero-order chi connectivity index (χ0) is 14.4. The molecule has 0 aliphatic rings. The van der Waals surface area contributed by atoms with E-state index >= 15 is 0 Å². The Hall–Kier alpha value is -1.46. The average Bonchev–Trinajstić information content (AvgIpc) is 2.31. The Kier molecular flexibility index (Phi) is 5.92. The lowest BCUT2D eigenvalue weighted by molar-refractivity contribution is -0.141. The van der Waals surface area contributed by atoms with Gasteiger partial charge in [-0.3, -0.25) is 9.69 Å². The number of aliphatic carboxylic acids is 1. The topological polar surface area (TPSA) is 60.8 Å². The molecule has 0 aliphatic heterocycles. The van der Waals surface area contributed by atoms with E-state index in [4.69, 9.17) is 5.11 Å². The van der Waals surface area contributed by atoms with E-state index in [0.29, 0.717) is 19.6 Å². The molecular formula is C14H20FNO3. The highest BCUT2D eigenvalue weighted by atomic mass is 19.1. The molecule has 0 aliphatic carbocycles. The number of rotatable bonds is 7. The highest BCUT2D eigenvalue weighted by molar-refractivity contribution is 5.69. The van der Waals surface area contributed by atoms with Gasteiger partial charge < -0.3 is 10.2 Å². The minimum Gasteiger partial charge on any atom is -0.481 e. The van der Waals surface area contributed by atoms with Crippen LogP contribution in [-0.2, 0) is 11.3 Å². The monoisotopic (exact) mass is 269 g/mol. The first-order chi connectivity index (χ1) is 8.88. The van der Waals surface area contributed by atoms with Gasteiger partial charge in [0.25, 0.3) is 0 Å². The van der Waals surface area contributed by atoms with Crippen molar-refractivity contribution in [3.63, 3.8) is 0 Å². The summed E-state index contributed by atoms with van der Waals surface area (Å²) in [6, 6.07) is 6.07. The van der Waals surface area contributed by atoms with E-state index in [1.54, 1.807) is 26.0 Å². The lowest BCUT2D eigenvalue weighted by Crippen LogP contribution is -2.36. The molecule has 1 aromatic rings. The number of aliphatic hydroxyl groups excluding tert-OH is 1. The van der Waals surface area contributed by atoms with Crippen molar-refractivity contribution in [2.24, 2.45) is 5.92 Å². The van der Waals surface area contributed by atoms with Crippen LogP contribution in [0.25, 0.3) is 0 Å². The van der Waals surface area contributed by atoms with E-state index in [-0.39, 0.29) is 5.82 Å². The van der Waals surface area contributed by atoms with Gasteiger partial charge in [0.15, 0.2) is 0 Å². The molecule has 0 radical (unpaired) electrons. The molecule has 0 bridgehead atoms. The zero-order valence-corrected chi connectivity index (χ0v) is 11.2. The van der Waals surface area contributed by atoms with E-state index in [0.717, 1.165) is 5.56 Å². The molecule has 0 aromatic heterocycles. The standard InChI is InChI=1S/C14H20FNO3/c1-10(14(18)19)7-16(8-11(2)17)9-12-3-5-13(15)6-4-12/h3-6,10-11,17H,7-9H2,1-2H3,(H,18,19). The summed E-state index contributed by atoms with van der Waals surface area (Å²) >= 11 is 0. The minimum absolute atomic E-state index is 0.301. The first-order valence-electron chi connectivity index (χ1n) is 6.26. The number of aliphatic hydroxyl groups is 1. The maximum Gasteiger partial charge on any atom is 0.307 e. The Morgan fingerprint density at radius 2 is 1.84 bits per heavy atom. The molecule has 2 N–H and O–H groups in total. The van der Waals surface area contributed by atoms with Crippen LogP contribution in [0, 0.1) is 11.7 Å². The maximum atomic E-state index is 12.8. The summed E-state index contributed by atoms with van der Waals surface area (Å²) in [4.78, 5) is 12.7. The van der Waals surface area contributed by atoms with Crippen molar-refractivity contribution < 1.29 is 19.4 Å². The van der Waals surface area contributed by atoms with Gasteiger partial charge in [-0.2, -0.15) is 0 Å². The number of carboxylic acids is 1. The van der Waals surface area contributed by atoms with Crippen molar-refractivity contribution in [2.45, 2.75) is 26.5 Å². The van der Waals surface area contributed by atoms with Crippen LogP contribution in [0.15, 0.2) is 24.3 Å². The van der Waals surface area contributed by atoms with Crippen LogP contribution >= 0.6 is 0 Å². The fraction of sp³-hybridized carbons (Fsp3) is 0.500. The molecule has 0 spiro atoms. The summed E-state index contributed by atoms with van der Waals surface area (Å²) in [5.74, 6) is -1.68. The number of benzene rings is 1. The van der Waals surface area contributed by atoms with Gasteiger partial charge >= 0.3 is 5.97 Å². The van der Waals surface area contributed by atoms with Crippen LogP contribution in [0.4, 0.5) is 4.39 Å². The van der Waals surface area contributed by atoms with Gasteiger partial charge in [-0.15, -0.1) is 0 Å². The van der Waals surface area contributed by atoms with E-state index in [1.165, 1.54) is 12.1 Å². The lowest BCUT2D eigenvalue weighted by atomic mass is 10.1. The molecule has 0 saturated heterocycles. The summed E-state index contributed by atoms with van der Waals surface area (Å²) in [5, 5.41) is 18.4. The van der Waals surface area contributed by atoms with Gasteiger partial charge in [-0.25, -0.2) is 4.39 Å². The summed E-state index contributed by atoms with van der Waals surface area (Å²) in [6.07, 6.45) is -0.540. The van der Waals surface area contributed by atoms with Crippen molar-refractivity contribution in [3.05, 3.63) is 35.6 Å². The van der Waals surface area contributed by atoms with Gasteiger partial charge in [0.1, 0.15) is 5.82 Å². The Morgan fingerprint density at radius 3 is 2.32 bits per heavy atom. The third-order valence-electron chi connectivity index (χ3n) is 2.80. The van der Waals surface area contributed by atoms with E-state index in [2.05, 4.69) is 0 Å². The largest absolute Gasteiger partial charge is 0.481 e. The van der Waals surface area contributed by atoms with E-state index in [1.807, 2.05) is 4.90 Å². The Morgan fingerprint density at radius 1 is 1.26 bits per heavy atom. The molecule has 0 saturated carbocycles. The zero-order valence-electron chi connectivity index (χ0n) is 11.2. The summed E-state index contributed by atoms with van der Waals surface area (Å²) in [5.41, 5.74) is 0.889. The van der Waals surface area contributed by atoms with Crippen molar-refractivity contribution in [1.82, 2.24) is 4.90 Å². The second kappa shape index (κ2) is 7.21. The Labute approximate surface area is 112 Å². The fourth-order valence-corrected chi connectivity index (χ4v) is 1.89. The molecule has 5 heteroatoms. The minimum atomic E-state index is -0.866. The maximum absolute atomic E-state index is 12.8. The quantitative estimate of drug-likeness (QED) is 0.791. The summed E-state index contributed by atoms with van der Waals surface area (Å²) < 4.78 is 12.8. The van der Waals surface area contributed by atoms with Crippen LogP contribution in [-0.4, -0.2) is 40.3 Å². The van der Waals surface area contributed by atoms with Crippen LogP contribution in [0.3, 0.4) is 0 Å². The van der Waals surface area contributed by atoms with Gasteiger partial charge in [0.2, 0.25) is 0 Å². The average molecular weight is 269 g/mol. The SMILES string of the molecule is CC(O)CN(Cc1ccc(F)cc1)CC(C)C(=O)O. The third kappa shape index (κ3) is 5.81. The van der Waals surface area contributed by atoms with E-state index < -0.39 is 18.0 Å². The Balaban J connectivity index is 2.68. The van der Waals surface area contributed by atoms with Crippen LogP contribution in [0.2, 0.25) is 0 Å². The second-order valence-electron chi connectivity index (χ2n) is 4.91. The van der Waals surface area contributed by atoms with Crippen molar-refractivity contribution in [2.75, 3.05) is 13.1 Å². The molecule has 4 nitrogen and oxygen atoms in total. The first kappa shape index (κ1) is 15.6. The highest BCUT2D eigenvalue weighted by Gasteiger charge is 2.17. The van der Waals surface area contributed by atoms with Crippen LogP contribution < -0.4 is 0 Å². The second-order valence-corrected chi connectivity index (χ2v) is 4.91. The molecule has 1 rings (SSSR count). The van der Waals surface area contributed by atoms with Crippen LogP contribution in [0.1, 0.15) is 19.4 Å². The molecule has 0 heterocycles. The highest BCUT2D eigenvalue weighted by Crippen LogP contribution is 2.10. The van der Waals surface area contributed by atoms with Crippen molar-refractivity contribution in [3.8, 4) is 0 Å². The molecule has 1 aromatic carbocycles. The third-order valence-corrected chi connectivity index (χ3v) is 2.80. The van der Waals surface area contributed by atoms with Gasteiger partial charge in [0, 0.05) is 19.6 Å². The molecule has 106 valence electrons. The first-order valence-corrected chi connectivity index (χ1v) is 6.26. The molecular weight excluding hydrogens is 249 g/mol. The lowest BCUT2D eigenvalue weighted by Gasteiger charge is -2.25. The molecule has 2 unspecified atom stereocenters.